The summed E-state index contributed by atoms with van der Waals surface area (Å²) in [6.45, 7) is 9.36. The van der Waals surface area contributed by atoms with Gasteiger partial charge in [-0.15, -0.1) is 0 Å². The van der Waals surface area contributed by atoms with Gasteiger partial charge in [-0.05, 0) is 30.4 Å². The third kappa shape index (κ3) is 4.80. The number of rotatable bonds is 4. The molecule has 0 aromatic heterocycles. The van der Waals surface area contributed by atoms with E-state index in [1.54, 1.807) is 13.2 Å². The Labute approximate surface area is 162 Å². The van der Waals surface area contributed by atoms with Gasteiger partial charge >= 0.3 is 0 Å². The van der Waals surface area contributed by atoms with E-state index in [1.807, 2.05) is 28.0 Å². The third-order valence-corrected chi connectivity index (χ3v) is 5.58. The predicted molar refractivity (Wildman–Crippen MR) is 105 cm³/mol. The lowest BCUT2D eigenvalue weighted by Gasteiger charge is -2.38. The van der Waals surface area contributed by atoms with Gasteiger partial charge in [0.15, 0.2) is 0 Å². The van der Waals surface area contributed by atoms with Gasteiger partial charge in [-0.25, -0.2) is 0 Å². The van der Waals surface area contributed by atoms with Crippen molar-refractivity contribution in [3.05, 3.63) is 29.8 Å². The number of carbonyl (C=O) groups excluding carboxylic acids is 2. The standard InChI is InChI=1S/C21H31N3O3/c1-16-12-17(2)14-24(13-16)20(25)15-22-8-10-23(11-9-22)21(26)18-6-4-5-7-19(18)27-3/h4-7,16-17H,8-15H2,1-3H3. The van der Waals surface area contributed by atoms with Crippen molar-refractivity contribution in [2.45, 2.75) is 20.3 Å². The van der Waals surface area contributed by atoms with Crippen molar-refractivity contribution < 1.29 is 14.3 Å². The summed E-state index contributed by atoms with van der Waals surface area (Å²) in [4.78, 5) is 31.5. The smallest absolute Gasteiger partial charge is 0.257 e. The summed E-state index contributed by atoms with van der Waals surface area (Å²) in [7, 11) is 1.58. The van der Waals surface area contributed by atoms with Crippen molar-refractivity contribution in [3.8, 4) is 5.75 Å². The topological polar surface area (TPSA) is 53.1 Å². The van der Waals surface area contributed by atoms with E-state index < -0.39 is 0 Å². The quantitative estimate of drug-likeness (QED) is 0.810. The molecule has 27 heavy (non-hydrogen) atoms. The average molecular weight is 373 g/mol. The van der Waals surface area contributed by atoms with Crippen LogP contribution in [0.1, 0.15) is 30.6 Å². The van der Waals surface area contributed by atoms with Crippen LogP contribution in [0.5, 0.6) is 5.75 Å². The number of ether oxygens (including phenoxy) is 1. The first kappa shape index (κ1) is 19.7. The lowest BCUT2D eigenvalue weighted by molar-refractivity contribution is -0.135. The van der Waals surface area contributed by atoms with Gasteiger partial charge in [0, 0.05) is 39.3 Å². The van der Waals surface area contributed by atoms with Crippen LogP contribution in [0.2, 0.25) is 0 Å². The van der Waals surface area contributed by atoms with Crippen LogP contribution in [0.25, 0.3) is 0 Å². The van der Waals surface area contributed by atoms with Gasteiger partial charge in [0.25, 0.3) is 5.91 Å². The summed E-state index contributed by atoms with van der Waals surface area (Å²) in [6, 6.07) is 7.32. The van der Waals surface area contributed by atoms with Crippen molar-refractivity contribution in [2.24, 2.45) is 11.8 Å². The van der Waals surface area contributed by atoms with Crippen LogP contribution in [0.15, 0.2) is 24.3 Å². The zero-order chi connectivity index (χ0) is 19.4. The third-order valence-electron chi connectivity index (χ3n) is 5.58. The molecule has 6 nitrogen and oxygen atoms in total. The van der Waals surface area contributed by atoms with E-state index in [0.29, 0.717) is 42.8 Å². The normalized spacial score (nSPS) is 24.0. The summed E-state index contributed by atoms with van der Waals surface area (Å²) in [5.74, 6) is 1.98. The second-order valence-corrected chi connectivity index (χ2v) is 8.01. The molecule has 2 amide bonds. The molecule has 0 spiro atoms. The maximum Gasteiger partial charge on any atom is 0.257 e. The molecular weight excluding hydrogens is 342 g/mol. The van der Waals surface area contributed by atoms with Crippen molar-refractivity contribution in [1.29, 1.82) is 0 Å². The minimum absolute atomic E-state index is 0.00268. The first-order chi connectivity index (χ1) is 13.0. The molecule has 2 heterocycles. The molecule has 0 saturated carbocycles. The van der Waals surface area contributed by atoms with Crippen LogP contribution < -0.4 is 4.74 Å². The van der Waals surface area contributed by atoms with E-state index in [4.69, 9.17) is 4.74 Å². The van der Waals surface area contributed by atoms with E-state index in [1.165, 1.54) is 6.42 Å². The fourth-order valence-electron chi connectivity index (χ4n) is 4.26. The summed E-state index contributed by atoms with van der Waals surface area (Å²) < 4.78 is 5.31. The second kappa shape index (κ2) is 8.74. The molecule has 2 fully saturated rings. The molecule has 0 bridgehead atoms. The SMILES string of the molecule is COc1ccccc1C(=O)N1CCN(CC(=O)N2CC(C)CC(C)C2)CC1. The Morgan fingerprint density at radius 3 is 2.26 bits per heavy atom. The molecule has 2 aliphatic heterocycles. The highest BCUT2D eigenvalue weighted by Crippen LogP contribution is 2.22. The number of para-hydroxylation sites is 1. The van der Waals surface area contributed by atoms with E-state index in [9.17, 15) is 9.59 Å². The number of nitrogens with zero attached hydrogens (tertiary/aromatic N) is 3. The molecule has 0 N–H and O–H groups in total. The van der Waals surface area contributed by atoms with Crippen molar-refractivity contribution in [3.63, 3.8) is 0 Å². The summed E-state index contributed by atoms with van der Waals surface area (Å²) in [6.07, 6.45) is 1.20. The molecule has 148 valence electrons. The number of benzene rings is 1. The van der Waals surface area contributed by atoms with Crippen LogP contribution in [-0.4, -0.2) is 79.4 Å². The molecule has 6 heteroatoms. The Morgan fingerprint density at radius 1 is 1.00 bits per heavy atom. The van der Waals surface area contributed by atoms with E-state index in [2.05, 4.69) is 18.7 Å². The maximum atomic E-state index is 12.8. The fourth-order valence-corrected chi connectivity index (χ4v) is 4.26. The Balaban J connectivity index is 1.51. The van der Waals surface area contributed by atoms with Gasteiger partial charge < -0.3 is 14.5 Å². The molecule has 0 radical (unpaired) electrons. The Kier molecular flexibility index (Phi) is 6.37. The van der Waals surface area contributed by atoms with Crippen molar-refractivity contribution in [1.82, 2.24) is 14.7 Å². The molecule has 0 aliphatic carbocycles. The minimum atomic E-state index is -0.00268. The lowest BCUT2D eigenvalue weighted by Crippen LogP contribution is -2.53. The molecular formula is C21H31N3O3. The van der Waals surface area contributed by atoms with Crippen LogP contribution in [0, 0.1) is 11.8 Å². The van der Waals surface area contributed by atoms with Gasteiger partial charge in [-0.3, -0.25) is 14.5 Å². The van der Waals surface area contributed by atoms with Gasteiger partial charge in [-0.2, -0.15) is 0 Å². The van der Waals surface area contributed by atoms with Crippen molar-refractivity contribution >= 4 is 11.8 Å². The molecule has 2 atom stereocenters. The number of piperazine rings is 1. The molecule has 2 saturated heterocycles. The number of piperidine rings is 1. The zero-order valence-electron chi connectivity index (χ0n) is 16.7. The summed E-state index contributed by atoms with van der Waals surface area (Å²) in [5, 5.41) is 0. The van der Waals surface area contributed by atoms with Crippen LogP contribution in [-0.2, 0) is 4.79 Å². The zero-order valence-corrected chi connectivity index (χ0v) is 16.7. The number of amides is 2. The maximum absolute atomic E-state index is 12.8. The Hall–Kier alpha value is -2.08. The van der Waals surface area contributed by atoms with Gasteiger partial charge in [0.05, 0.1) is 19.2 Å². The second-order valence-electron chi connectivity index (χ2n) is 8.01. The first-order valence-electron chi connectivity index (χ1n) is 9.90. The largest absolute Gasteiger partial charge is 0.496 e. The van der Waals surface area contributed by atoms with E-state index in [0.717, 1.165) is 26.2 Å². The van der Waals surface area contributed by atoms with E-state index >= 15 is 0 Å². The predicted octanol–water partition coefficient (Wildman–Crippen LogP) is 1.96. The molecule has 2 unspecified atom stereocenters. The van der Waals surface area contributed by atoms with Gasteiger partial charge in [0.2, 0.25) is 5.91 Å². The fraction of sp³-hybridized carbons (Fsp3) is 0.619. The Bertz CT molecular complexity index is 660. The van der Waals surface area contributed by atoms with Crippen LogP contribution in [0.3, 0.4) is 0 Å². The lowest BCUT2D eigenvalue weighted by atomic mass is 9.92. The minimum Gasteiger partial charge on any atom is -0.496 e. The monoisotopic (exact) mass is 373 g/mol. The molecule has 1 aromatic rings. The number of carbonyl (C=O) groups is 2. The highest BCUT2D eigenvalue weighted by atomic mass is 16.5. The number of methoxy groups -OCH3 is 1. The Morgan fingerprint density at radius 2 is 1.63 bits per heavy atom. The van der Waals surface area contributed by atoms with Crippen LogP contribution >= 0.6 is 0 Å². The van der Waals surface area contributed by atoms with E-state index in [-0.39, 0.29) is 11.8 Å². The first-order valence-corrected chi connectivity index (χ1v) is 9.90. The highest BCUT2D eigenvalue weighted by molar-refractivity contribution is 5.97. The number of hydrogen-bond donors (Lipinski definition) is 0. The average Bonchev–Trinajstić information content (AvgIpc) is 2.67. The summed E-state index contributed by atoms with van der Waals surface area (Å²) >= 11 is 0. The van der Waals surface area contributed by atoms with Crippen LogP contribution in [0.4, 0.5) is 0 Å². The molecule has 1 aromatic carbocycles. The number of hydrogen-bond acceptors (Lipinski definition) is 4. The van der Waals surface area contributed by atoms with Gasteiger partial charge in [0.1, 0.15) is 5.75 Å². The highest BCUT2D eigenvalue weighted by Gasteiger charge is 2.29. The summed E-state index contributed by atoms with van der Waals surface area (Å²) in [5.41, 5.74) is 0.598. The number of likely N-dealkylation sites (tertiary alicyclic amines) is 1. The molecule has 3 rings (SSSR count). The molecule has 2 aliphatic rings. The van der Waals surface area contributed by atoms with Gasteiger partial charge in [-0.1, -0.05) is 26.0 Å². The van der Waals surface area contributed by atoms with Crippen molar-refractivity contribution in [2.75, 3.05) is 52.9 Å².